The van der Waals surface area contributed by atoms with E-state index >= 15 is 0 Å². The van der Waals surface area contributed by atoms with Crippen molar-refractivity contribution in [2.45, 2.75) is 25.8 Å². The second-order valence-corrected chi connectivity index (χ2v) is 6.20. The molecule has 0 spiro atoms. The number of aromatic nitrogens is 3. The molecule has 6 nitrogen and oxygen atoms in total. The molecule has 1 saturated heterocycles. The van der Waals surface area contributed by atoms with Gasteiger partial charge in [-0.2, -0.15) is 0 Å². The molecular weight excluding hydrogens is 290 g/mol. The highest BCUT2D eigenvalue weighted by Gasteiger charge is 2.27. The fourth-order valence-corrected chi connectivity index (χ4v) is 3.23. The van der Waals surface area contributed by atoms with Gasteiger partial charge in [0.2, 0.25) is 0 Å². The molecule has 1 fully saturated rings. The second kappa shape index (κ2) is 6.40. The molecule has 0 aliphatic carbocycles. The Kier molecular flexibility index (Phi) is 4.32. The number of anilines is 1. The summed E-state index contributed by atoms with van der Waals surface area (Å²) in [6.07, 6.45) is 7.63. The summed E-state index contributed by atoms with van der Waals surface area (Å²) in [6, 6.07) is 3.98. The lowest BCUT2D eigenvalue weighted by Gasteiger charge is -2.34. The summed E-state index contributed by atoms with van der Waals surface area (Å²) in [6.45, 7) is 3.52. The van der Waals surface area contributed by atoms with E-state index in [1.165, 1.54) is 0 Å². The molecule has 3 heterocycles. The van der Waals surface area contributed by atoms with E-state index in [-0.39, 0.29) is 5.91 Å². The number of aryl methyl sites for hydroxylation is 1. The molecule has 6 heteroatoms. The van der Waals surface area contributed by atoms with Gasteiger partial charge in [-0.05, 0) is 31.9 Å². The first-order valence-electron chi connectivity index (χ1n) is 7.99. The number of pyridine rings is 1. The minimum atomic E-state index is 0.0595. The summed E-state index contributed by atoms with van der Waals surface area (Å²) in [4.78, 5) is 25.4. The van der Waals surface area contributed by atoms with Crippen LogP contribution in [0, 0.1) is 6.92 Å². The third-order valence-corrected chi connectivity index (χ3v) is 4.38. The molecule has 3 rings (SSSR count). The van der Waals surface area contributed by atoms with Crippen molar-refractivity contribution in [2.75, 3.05) is 32.1 Å². The standard InChI is InChI=1S/C17H23N5O/c1-13-18-9-11-22(13)14-6-5-10-21(12-14)17(23)15-7-4-8-19-16(15)20(2)3/h4,7-9,11,14H,5-6,10,12H2,1-3H3. The Balaban J connectivity index is 1.82. The van der Waals surface area contributed by atoms with Crippen molar-refractivity contribution < 1.29 is 4.79 Å². The van der Waals surface area contributed by atoms with Gasteiger partial charge in [0.15, 0.2) is 0 Å². The third kappa shape index (κ3) is 3.06. The topological polar surface area (TPSA) is 54.3 Å². The maximum Gasteiger partial charge on any atom is 0.257 e. The molecule has 0 radical (unpaired) electrons. The first-order chi connectivity index (χ1) is 11.1. The molecule has 0 bridgehead atoms. The number of imidazole rings is 1. The Bertz CT molecular complexity index is 694. The van der Waals surface area contributed by atoms with Crippen LogP contribution >= 0.6 is 0 Å². The van der Waals surface area contributed by atoms with Crippen LogP contribution < -0.4 is 4.90 Å². The van der Waals surface area contributed by atoms with Gasteiger partial charge in [-0.15, -0.1) is 0 Å². The highest BCUT2D eigenvalue weighted by molar-refractivity contribution is 5.98. The van der Waals surface area contributed by atoms with Gasteiger partial charge in [0, 0.05) is 45.8 Å². The summed E-state index contributed by atoms with van der Waals surface area (Å²) in [5, 5.41) is 0. The van der Waals surface area contributed by atoms with Crippen molar-refractivity contribution in [3.05, 3.63) is 42.1 Å². The van der Waals surface area contributed by atoms with Crippen molar-refractivity contribution in [1.82, 2.24) is 19.4 Å². The predicted octanol–water partition coefficient (Wildman–Crippen LogP) is 2.13. The summed E-state index contributed by atoms with van der Waals surface area (Å²) in [7, 11) is 3.82. The normalized spacial score (nSPS) is 18.0. The highest BCUT2D eigenvalue weighted by Crippen LogP contribution is 2.25. The van der Waals surface area contributed by atoms with Crippen LogP contribution in [0.5, 0.6) is 0 Å². The van der Waals surface area contributed by atoms with E-state index in [0.717, 1.165) is 37.6 Å². The number of hydrogen-bond acceptors (Lipinski definition) is 4. The number of carbonyl (C=O) groups is 1. The van der Waals surface area contributed by atoms with Gasteiger partial charge in [-0.25, -0.2) is 9.97 Å². The van der Waals surface area contributed by atoms with E-state index in [1.807, 2.05) is 55.3 Å². The molecule has 1 aliphatic rings. The van der Waals surface area contributed by atoms with Crippen molar-refractivity contribution in [3.8, 4) is 0 Å². The van der Waals surface area contributed by atoms with Crippen molar-refractivity contribution in [2.24, 2.45) is 0 Å². The monoisotopic (exact) mass is 313 g/mol. The Morgan fingerprint density at radius 1 is 1.30 bits per heavy atom. The Labute approximate surface area is 136 Å². The summed E-state index contributed by atoms with van der Waals surface area (Å²) in [5.41, 5.74) is 0.667. The predicted molar refractivity (Wildman–Crippen MR) is 89.7 cm³/mol. The van der Waals surface area contributed by atoms with E-state index < -0.39 is 0 Å². The van der Waals surface area contributed by atoms with Gasteiger partial charge in [-0.3, -0.25) is 4.79 Å². The van der Waals surface area contributed by atoms with Crippen LogP contribution in [-0.4, -0.2) is 52.5 Å². The quantitative estimate of drug-likeness (QED) is 0.871. The van der Waals surface area contributed by atoms with E-state index in [0.29, 0.717) is 11.6 Å². The number of piperidine rings is 1. The van der Waals surface area contributed by atoms with Gasteiger partial charge in [-0.1, -0.05) is 0 Å². The molecule has 23 heavy (non-hydrogen) atoms. The molecule has 122 valence electrons. The molecule has 0 saturated carbocycles. The van der Waals surface area contributed by atoms with Crippen LogP contribution in [0.25, 0.3) is 0 Å². The molecule has 0 N–H and O–H groups in total. The molecule has 1 aliphatic heterocycles. The number of nitrogens with zero attached hydrogens (tertiary/aromatic N) is 5. The number of carbonyl (C=O) groups excluding carboxylic acids is 1. The Morgan fingerprint density at radius 2 is 2.13 bits per heavy atom. The van der Waals surface area contributed by atoms with E-state index in [4.69, 9.17) is 0 Å². The smallest absolute Gasteiger partial charge is 0.257 e. The summed E-state index contributed by atoms with van der Waals surface area (Å²) >= 11 is 0. The summed E-state index contributed by atoms with van der Waals surface area (Å²) in [5.74, 6) is 1.78. The van der Waals surface area contributed by atoms with Crippen LogP contribution in [0.15, 0.2) is 30.7 Å². The number of rotatable bonds is 3. The number of amides is 1. The maximum atomic E-state index is 13.0. The average molecular weight is 313 g/mol. The van der Waals surface area contributed by atoms with E-state index in [2.05, 4.69) is 14.5 Å². The SMILES string of the molecule is Cc1nccn1C1CCCN(C(=O)c2cccnc2N(C)C)C1. The first kappa shape index (κ1) is 15.5. The minimum absolute atomic E-state index is 0.0595. The molecule has 2 aromatic rings. The zero-order valence-electron chi connectivity index (χ0n) is 13.9. The van der Waals surface area contributed by atoms with Crippen LogP contribution in [-0.2, 0) is 0 Å². The Morgan fingerprint density at radius 3 is 2.83 bits per heavy atom. The molecule has 2 aromatic heterocycles. The lowest BCUT2D eigenvalue weighted by molar-refractivity contribution is 0.0678. The number of likely N-dealkylation sites (tertiary alicyclic amines) is 1. The van der Waals surface area contributed by atoms with Gasteiger partial charge in [0.25, 0.3) is 5.91 Å². The summed E-state index contributed by atoms with van der Waals surface area (Å²) < 4.78 is 2.18. The van der Waals surface area contributed by atoms with Crippen LogP contribution in [0.4, 0.5) is 5.82 Å². The zero-order valence-corrected chi connectivity index (χ0v) is 13.9. The van der Waals surface area contributed by atoms with Crippen LogP contribution in [0.3, 0.4) is 0 Å². The largest absolute Gasteiger partial charge is 0.362 e. The number of hydrogen-bond donors (Lipinski definition) is 0. The molecule has 1 atom stereocenters. The first-order valence-corrected chi connectivity index (χ1v) is 7.99. The average Bonchev–Trinajstić information content (AvgIpc) is 3.00. The molecule has 0 aromatic carbocycles. The maximum absolute atomic E-state index is 13.0. The molecule has 1 amide bonds. The van der Waals surface area contributed by atoms with Crippen molar-refractivity contribution in [1.29, 1.82) is 0 Å². The fraction of sp³-hybridized carbons (Fsp3) is 0.471. The van der Waals surface area contributed by atoms with Gasteiger partial charge in [0.1, 0.15) is 11.6 Å². The molecular formula is C17H23N5O. The third-order valence-electron chi connectivity index (χ3n) is 4.38. The zero-order chi connectivity index (χ0) is 16.4. The van der Waals surface area contributed by atoms with Gasteiger partial charge in [0.05, 0.1) is 11.6 Å². The molecule has 1 unspecified atom stereocenters. The van der Waals surface area contributed by atoms with Crippen molar-refractivity contribution in [3.63, 3.8) is 0 Å². The van der Waals surface area contributed by atoms with E-state index in [9.17, 15) is 4.79 Å². The fourth-order valence-electron chi connectivity index (χ4n) is 3.23. The minimum Gasteiger partial charge on any atom is -0.362 e. The second-order valence-electron chi connectivity index (χ2n) is 6.20. The lowest BCUT2D eigenvalue weighted by atomic mass is 10.0. The highest BCUT2D eigenvalue weighted by atomic mass is 16.2. The van der Waals surface area contributed by atoms with Crippen LogP contribution in [0.2, 0.25) is 0 Å². The Hall–Kier alpha value is -2.37. The van der Waals surface area contributed by atoms with Crippen LogP contribution in [0.1, 0.15) is 35.1 Å². The van der Waals surface area contributed by atoms with Gasteiger partial charge >= 0.3 is 0 Å². The van der Waals surface area contributed by atoms with Crippen molar-refractivity contribution >= 4 is 11.7 Å². The van der Waals surface area contributed by atoms with Gasteiger partial charge < -0.3 is 14.4 Å². The van der Waals surface area contributed by atoms with E-state index in [1.54, 1.807) is 6.20 Å². The lowest BCUT2D eigenvalue weighted by Crippen LogP contribution is -2.41.